The largest absolute Gasteiger partial charge is 0.339 e. The summed E-state index contributed by atoms with van der Waals surface area (Å²) in [6, 6.07) is 4.57. The molecule has 0 saturated heterocycles. The smallest absolute Gasteiger partial charge is 0.230 e. The van der Waals surface area contributed by atoms with Crippen LogP contribution in [0.1, 0.15) is 43.1 Å². The van der Waals surface area contributed by atoms with Gasteiger partial charge in [-0.25, -0.2) is 0 Å². The molecule has 2 aromatic rings. The molecular weight excluding hydrogens is 252 g/mol. The number of pyridine rings is 1. The van der Waals surface area contributed by atoms with Crippen LogP contribution in [0.3, 0.4) is 0 Å². The summed E-state index contributed by atoms with van der Waals surface area (Å²) >= 11 is 0. The Morgan fingerprint density at radius 2 is 2.05 bits per heavy atom. The van der Waals surface area contributed by atoms with Crippen LogP contribution in [-0.2, 0) is 0 Å². The lowest BCUT2D eigenvalue weighted by atomic mass is 9.86. The summed E-state index contributed by atoms with van der Waals surface area (Å²) in [4.78, 5) is 8.83. The number of nitrogens with one attached hydrogen (secondary N) is 1. The van der Waals surface area contributed by atoms with Gasteiger partial charge in [0.25, 0.3) is 0 Å². The van der Waals surface area contributed by atoms with E-state index in [1.807, 2.05) is 26.1 Å². The molecule has 1 saturated carbocycles. The first-order chi connectivity index (χ1) is 9.76. The maximum Gasteiger partial charge on any atom is 0.230 e. The molecule has 1 aliphatic rings. The van der Waals surface area contributed by atoms with Gasteiger partial charge in [0, 0.05) is 18.2 Å². The standard InChI is InChI=1S/C15H20N4O/c1-10-7-8-17-13(9-10)14-18-15(20-19-14)11-3-5-12(16-2)6-4-11/h7-9,11-12,16H,3-6H2,1-2H3. The summed E-state index contributed by atoms with van der Waals surface area (Å²) in [6.07, 6.45) is 6.32. The van der Waals surface area contributed by atoms with Crippen LogP contribution >= 0.6 is 0 Å². The third-order valence-corrected chi connectivity index (χ3v) is 4.07. The summed E-state index contributed by atoms with van der Waals surface area (Å²) in [5, 5.41) is 7.41. The van der Waals surface area contributed by atoms with Gasteiger partial charge in [0.1, 0.15) is 5.69 Å². The first kappa shape index (κ1) is 13.2. The van der Waals surface area contributed by atoms with E-state index in [9.17, 15) is 0 Å². The van der Waals surface area contributed by atoms with E-state index in [1.165, 1.54) is 12.8 Å². The van der Waals surface area contributed by atoms with Crippen LogP contribution in [0.25, 0.3) is 11.5 Å². The van der Waals surface area contributed by atoms with Crippen molar-refractivity contribution in [2.75, 3.05) is 7.05 Å². The number of hydrogen-bond acceptors (Lipinski definition) is 5. The van der Waals surface area contributed by atoms with Crippen molar-refractivity contribution in [3.05, 3.63) is 29.8 Å². The highest BCUT2D eigenvalue weighted by Gasteiger charge is 2.26. The number of aromatic nitrogens is 3. The maximum absolute atomic E-state index is 5.45. The number of nitrogens with zero attached hydrogens (tertiary/aromatic N) is 3. The molecule has 0 atom stereocenters. The fourth-order valence-electron chi connectivity index (χ4n) is 2.79. The minimum absolute atomic E-state index is 0.394. The molecular formula is C15H20N4O. The van der Waals surface area contributed by atoms with Crippen molar-refractivity contribution in [2.24, 2.45) is 0 Å². The number of rotatable bonds is 3. The molecule has 0 spiro atoms. The summed E-state index contributed by atoms with van der Waals surface area (Å²) in [5.41, 5.74) is 1.93. The lowest BCUT2D eigenvalue weighted by Crippen LogP contribution is -2.29. The minimum atomic E-state index is 0.394. The van der Waals surface area contributed by atoms with Crippen LogP contribution in [0.2, 0.25) is 0 Å². The van der Waals surface area contributed by atoms with Gasteiger partial charge in [-0.15, -0.1) is 0 Å². The molecule has 2 heterocycles. The molecule has 0 aromatic carbocycles. The number of aryl methyl sites for hydroxylation is 1. The van der Waals surface area contributed by atoms with Gasteiger partial charge in [-0.2, -0.15) is 4.98 Å². The number of hydrogen-bond donors (Lipinski definition) is 1. The van der Waals surface area contributed by atoms with Gasteiger partial charge in [0.2, 0.25) is 11.7 Å². The highest BCUT2D eigenvalue weighted by atomic mass is 16.5. The molecule has 20 heavy (non-hydrogen) atoms. The maximum atomic E-state index is 5.45. The van der Waals surface area contributed by atoms with Crippen LogP contribution < -0.4 is 5.32 Å². The zero-order valence-electron chi connectivity index (χ0n) is 12.0. The quantitative estimate of drug-likeness (QED) is 0.930. The van der Waals surface area contributed by atoms with E-state index in [0.717, 1.165) is 30.0 Å². The van der Waals surface area contributed by atoms with E-state index in [-0.39, 0.29) is 0 Å². The van der Waals surface area contributed by atoms with E-state index in [0.29, 0.717) is 17.8 Å². The molecule has 5 nitrogen and oxygen atoms in total. The van der Waals surface area contributed by atoms with Crippen molar-refractivity contribution in [2.45, 2.75) is 44.6 Å². The topological polar surface area (TPSA) is 63.8 Å². The van der Waals surface area contributed by atoms with Gasteiger partial charge in [-0.05, 0) is 57.4 Å². The zero-order chi connectivity index (χ0) is 13.9. The molecule has 0 amide bonds. The van der Waals surface area contributed by atoms with Crippen molar-refractivity contribution in [3.8, 4) is 11.5 Å². The highest BCUT2D eigenvalue weighted by Crippen LogP contribution is 2.32. The molecule has 5 heteroatoms. The zero-order valence-corrected chi connectivity index (χ0v) is 12.0. The SMILES string of the molecule is CNC1CCC(c2nc(-c3cc(C)ccn3)no2)CC1. The summed E-state index contributed by atoms with van der Waals surface area (Å²) in [6.45, 7) is 2.03. The van der Waals surface area contributed by atoms with Crippen molar-refractivity contribution in [1.82, 2.24) is 20.4 Å². The van der Waals surface area contributed by atoms with Crippen molar-refractivity contribution in [3.63, 3.8) is 0 Å². The van der Waals surface area contributed by atoms with Crippen LogP contribution in [0, 0.1) is 6.92 Å². The van der Waals surface area contributed by atoms with Crippen LogP contribution in [0.4, 0.5) is 0 Å². The average molecular weight is 272 g/mol. The predicted molar refractivity (Wildman–Crippen MR) is 76.3 cm³/mol. The van der Waals surface area contributed by atoms with Crippen molar-refractivity contribution in [1.29, 1.82) is 0 Å². The Hall–Kier alpha value is -1.75. The van der Waals surface area contributed by atoms with Crippen molar-refractivity contribution < 1.29 is 4.52 Å². The van der Waals surface area contributed by atoms with E-state index < -0.39 is 0 Å². The van der Waals surface area contributed by atoms with Gasteiger partial charge >= 0.3 is 0 Å². The predicted octanol–water partition coefficient (Wildman–Crippen LogP) is 2.69. The lowest BCUT2D eigenvalue weighted by Gasteiger charge is -2.25. The molecule has 0 aliphatic heterocycles. The molecule has 2 aromatic heterocycles. The second kappa shape index (κ2) is 5.71. The molecule has 106 valence electrons. The first-order valence-corrected chi connectivity index (χ1v) is 7.20. The minimum Gasteiger partial charge on any atom is -0.339 e. The Morgan fingerprint density at radius 1 is 1.25 bits per heavy atom. The Balaban J connectivity index is 1.74. The molecule has 0 unspecified atom stereocenters. The Morgan fingerprint density at radius 3 is 2.75 bits per heavy atom. The molecule has 0 radical (unpaired) electrons. The summed E-state index contributed by atoms with van der Waals surface area (Å²) in [7, 11) is 2.03. The third-order valence-electron chi connectivity index (χ3n) is 4.07. The molecule has 1 fully saturated rings. The van der Waals surface area contributed by atoms with E-state index in [1.54, 1.807) is 6.20 Å². The molecule has 3 rings (SSSR count). The van der Waals surface area contributed by atoms with Gasteiger partial charge in [-0.1, -0.05) is 5.16 Å². The normalized spacial score (nSPS) is 22.9. The van der Waals surface area contributed by atoms with Crippen LogP contribution in [0.15, 0.2) is 22.9 Å². The first-order valence-electron chi connectivity index (χ1n) is 7.20. The van der Waals surface area contributed by atoms with Gasteiger partial charge < -0.3 is 9.84 Å². The van der Waals surface area contributed by atoms with Crippen LogP contribution in [0.5, 0.6) is 0 Å². The Bertz CT molecular complexity index is 573. The molecule has 1 aliphatic carbocycles. The fourth-order valence-corrected chi connectivity index (χ4v) is 2.79. The second-order valence-corrected chi connectivity index (χ2v) is 5.51. The third kappa shape index (κ3) is 2.72. The average Bonchev–Trinajstić information content (AvgIpc) is 2.97. The Labute approximate surface area is 118 Å². The lowest BCUT2D eigenvalue weighted by molar-refractivity contribution is 0.288. The van der Waals surface area contributed by atoms with Crippen LogP contribution in [-0.4, -0.2) is 28.2 Å². The van der Waals surface area contributed by atoms with E-state index >= 15 is 0 Å². The summed E-state index contributed by atoms with van der Waals surface area (Å²) < 4.78 is 5.45. The van der Waals surface area contributed by atoms with E-state index in [4.69, 9.17) is 4.52 Å². The second-order valence-electron chi connectivity index (χ2n) is 5.51. The molecule has 0 bridgehead atoms. The van der Waals surface area contributed by atoms with E-state index in [2.05, 4.69) is 20.4 Å². The van der Waals surface area contributed by atoms with Gasteiger partial charge in [0.15, 0.2) is 0 Å². The van der Waals surface area contributed by atoms with Crippen molar-refractivity contribution >= 4 is 0 Å². The molecule has 1 N–H and O–H groups in total. The highest BCUT2D eigenvalue weighted by molar-refractivity contribution is 5.49. The fraction of sp³-hybridized carbons (Fsp3) is 0.533. The van der Waals surface area contributed by atoms with Gasteiger partial charge in [-0.3, -0.25) is 4.98 Å². The summed E-state index contributed by atoms with van der Waals surface area (Å²) in [5.74, 6) is 1.75. The van der Waals surface area contributed by atoms with Gasteiger partial charge in [0.05, 0.1) is 0 Å². The Kier molecular flexibility index (Phi) is 3.78. The monoisotopic (exact) mass is 272 g/mol.